The van der Waals surface area contributed by atoms with E-state index in [1.54, 1.807) is 0 Å². The van der Waals surface area contributed by atoms with Gasteiger partial charge >= 0.3 is 0 Å². The Hall–Kier alpha value is -3.06. The lowest BCUT2D eigenvalue weighted by atomic mass is 9.46. The van der Waals surface area contributed by atoms with Crippen LogP contribution >= 0.6 is 0 Å². The molecule has 0 saturated carbocycles. The zero-order chi connectivity index (χ0) is 19.1. The highest BCUT2D eigenvalue weighted by atomic mass is 14.5. The van der Waals surface area contributed by atoms with Gasteiger partial charge in [-0.15, -0.1) is 0 Å². The second-order valence-electron chi connectivity index (χ2n) is 7.95. The summed E-state index contributed by atoms with van der Waals surface area (Å²) in [4.78, 5) is 0. The van der Waals surface area contributed by atoms with E-state index in [1.807, 2.05) is 0 Å². The second kappa shape index (κ2) is 6.53. The molecule has 4 aromatic rings. The minimum Gasteiger partial charge on any atom is -0.0819 e. The van der Waals surface area contributed by atoms with Crippen molar-refractivity contribution in [3.8, 4) is 11.1 Å². The van der Waals surface area contributed by atoms with Gasteiger partial charge in [0, 0.05) is 0 Å². The van der Waals surface area contributed by atoms with E-state index < -0.39 is 0 Å². The number of fused-ring (bicyclic) bond motifs is 3. The van der Waals surface area contributed by atoms with Crippen molar-refractivity contribution in [2.45, 2.75) is 19.1 Å². The molecule has 0 unspecified atom stereocenters. The first-order chi connectivity index (χ1) is 13.7. The first kappa shape index (κ1) is 17.1. The fourth-order valence-corrected chi connectivity index (χ4v) is 5.02. The molecule has 0 fully saturated rings. The van der Waals surface area contributed by atoms with Crippen molar-refractivity contribution in [1.29, 1.82) is 0 Å². The maximum atomic E-state index is 2.32. The fourth-order valence-electron chi connectivity index (χ4n) is 5.02. The Labute approximate surface area is 168 Å². The van der Waals surface area contributed by atoms with Crippen LogP contribution in [0.5, 0.6) is 0 Å². The topological polar surface area (TPSA) is 0 Å². The van der Waals surface area contributed by atoms with E-state index in [1.165, 1.54) is 38.8 Å². The molecule has 0 nitrogen and oxygen atoms in total. The minimum atomic E-state index is -0.282. The predicted octanol–water partition coefficient (Wildman–Crippen LogP) is 6.01. The van der Waals surface area contributed by atoms with Crippen molar-refractivity contribution in [2.75, 3.05) is 0 Å². The highest BCUT2D eigenvalue weighted by molar-refractivity contribution is 6.71. The van der Waals surface area contributed by atoms with Crippen molar-refractivity contribution in [3.63, 3.8) is 0 Å². The zero-order valence-electron chi connectivity index (χ0n) is 16.4. The molecule has 0 bridgehead atoms. The monoisotopic (exact) mass is 358 g/mol. The maximum absolute atomic E-state index is 2.32. The zero-order valence-corrected chi connectivity index (χ0v) is 16.4. The molecular weight excluding hydrogens is 335 g/mol. The van der Waals surface area contributed by atoms with E-state index in [0.29, 0.717) is 6.71 Å². The predicted molar refractivity (Wildman–Crippen MR) is 121 cm³/mol. The third-order valence-corrected chi connectivity index (χ3v) is 6.13. The van der Waals surface area contributed by atoms with Gasteiger partial charge in [0.15, 0.2) is 6.71 Å². The Morgan fingerprint density at radius 2 is 1.07 bits per heavy atom. The van der Waals surface area contributed by atoms with Gasteiger partial charge in [-0.1, -0.05) is 122 Å². The van der Waals surface area contributed by atoms with Crippen LogP contribution in [-0.2, 0) is 5.41 Å². The van der Waals surface area contributed by atoms with Gasteiger partial charge in [-0.2, -0.15) is 0 Å². The summed E-state index contributed by atoms with van der Waals surface area (Å²) in [6.07, 6.45) is 0. The SMILES string of the molecule is CB(C)c1cccc2c1C(c1ccccc1)(c1ccccc1)c1ccccc1-2. The Morgan fingerprint density at radius 3 is 1.68 bits per heavy atom. The smallest absolute Gasteiger partial charge is 0.0819 e. The van der Waals surface area contributed by atoms with Crippen LogP contribution < -0.4 is 5.46 Å². The molecule has 0 saturated heterocycles. The number of hydrogen-bond acceptors (Lipinski definition) is 0. The summed E-state index contributed by atoms with van der Waals surface area (Å²) in [5, 5.41) is 0. The first-order valence-corrected chi connectivity index (χ1v) is 10.1. The van der Waals surface area contributed by atoms with Crippen LogP contribution in [0.25, 0.3) is 11.1 Å². The van der Waals surface area contributed by atoms with E-state index in [0.717, 1.165) is 0 Å². The van der Waals surface area contributed by atoms with Crippen molar-refractivity contribution >= 4 is 12.2 Å². The molecular formula is C27H23B. The number of rotatable bonds is 3. The van der Waals surface area contributed by atoms with Crippen LogP contribution in [0, 0.1) is 0 Å². The van der Waals surface area contributed by atoms with Gasteiger partial charge in [-0.25, -0.2) is 0 Å². The normalized spacial score (nSPS) is 13.6. The van der Waals surface area contributed by atoms with E-state index in [-0.39, 0.29) is 5.41 Å². The molecule has 1 aliphatic rings. The van der Waals surface area contributed by atoms with E-state index >= 15 is 0 Å². The Kier molecular flexibility index (Phi) is 3.98. The molecule has 1 aliphatic carbocycles. The third-order valence-electron chi connectivity index (χ3n) is 6.13. The Bertz CT molecular complexity index is 1090. The summed E-state index contributed by atoms with van der Waals surface area (Å²) in [6.45, 7) is 5.06. The molecule has 28 heavy (non-hydrogen) atoms. The Morgan fingerprint density at radius 1 is 0.536 bits per heavy atom. The highest BCUT2D eigenvalue weighted by Crippen LogP contribution is 2.55. The first-order valence-electron chi connectivity index (χ1n) is 10.1. The summed E-state index contributed by atoms with van der Waals surface area (Å²) in [5.41, 5.74) is 9.37. The lowest BCUT2D eigenvalue weighted by molar-refractivity contribution is 0.773. The van der Waals surface area contributed by atoms with Crippen molar-refractivity contribution in [1.82, 2.24) is 0 Å². The molecule has 1 heteroatoms. The molecule has 134 valence electrons. The van der Waals surface area contributed by atoms with Gasteiger partial charge in [0.25, 0.3) is 0 Å². The second-order valence-corrected chi connectivity index (χ2v) is 7.95. The average molecular weight is 358 g/mol. The maximum Gasteiger partial charge on any atom is 0.170 e. The van der Waals surface area contributed by atoms with Gasteiger partial charge in [0.05, 0.1) is 5.41 Å². The third kappa shape index (κ3) is 2.26. The number of hydrogen-bond donors (Lipinski definition) is 0. The van der Waals surface area contributed by atoms with Crippen molar-refractivity contribution in [3.05, 3.63) is 125 Å². The fraction of sp³-hybridized carbons (Fsp3) is 0.111. The van der Waals surface area contributed by atoms with E-state index in [4.69, 9.17) is 0 Å². The summed E-state index contributed by atoms with van der Waals surface area (Å²) in [6, 6.07) is 37.8. The van der Waals surface area contributed by atoms with Crippen molar-refractivity contribution in [2.24, 2.45) is 0 Å². The van der Waals surface area contributed by atoms with Crippen LogP contribution in [0.4, 0.5) is 0 Å². The van der Waals surface area contributed by atoms with Gasteiger partial charge in [-0.3, -0.25) is 0 Å². The summed E-state index contributed by atoms with van der Waals surface area (Å²) >= 11 is 0. The summed E-state index contributed by atoms with van der Waals surface area (Å²) in [5.74, 6) is 0. The van der Waals surface area contributed by atoms with E-state index in [2.05, 4.69) is 117 Å². The van der Waals surface area contributed by atoms with Crippen LogP contribution in [-0.4, -0.2) is 6.71 Å². The average Bonchev–Trinajstić information content (AvgIpc) is 3.06. The quantitative estimate of drug-likeness (QED) is 0.347. The number of benzene rings is 4. The molecule has 0 amide bonds. The highest BCUT2D eigenvalue weighted by Gasteiger charge is 2.47. The van der Waals surface area contributed by atoms with Crippen molar-refractivity contribution < 1.29 is 0 Å². The van der Waals surface area contributed by atoms with Crippen LogP contribution in [0.15, 0.2) is 103 Å². The van der Waals surface area contributed by atoms with E-state index in [9.17, 15) is 0 Å². The van der Waals surface area contributed by atoms with Crippen LogP contribution in [0.1, 0.15) is 22.3 Å². The van der Waals surface area contributed by atoms with Gasteiger partial charge in [0.1, 0.15) is 0 Å². The molecule has 5 rings (SSSR count). The molecule has 0 spiro atoms. The molecule has 0 aliphatic heterocycles. The van der Waals surface area contributed by atoms with Gasteiger partial charge in [-0.05, 0) is 33.4 Å². The molecule has 0 atom stereocenters. The van der Waals surface area contributed by atoms with Gasteiger partial charge < -0.3 is 0 Å². The molecule has 0 radical (unpaired) electrons. The summed E-state index contributed by atoms with van der Waals surface area (Å²) < 4.78 is 0. The largest absolute Gasteiger partial charge is 0.170 e. The lowest BCUT2D eigenvalue weighted by Crippen LogP contribution is -2.38. The summed E-state index contributed by atoms with van der Waals surface area (Å²) in [7, 11) is 0. The van der Waals surface area contributed by atoms with Gasteiger partial charge in [0.2, 0.25) is 0 Å². The Balaban J connectivity index is 2.01. The van der Waals surface area contributed by atoms with Crippen LogP contribution in [0.3, 0.4) is 0 Å². The molecule has 0 N–H and O–H groups in total. The molecule has 0 aromatic heterocycles. The lowest BCUT2D eigenvalue weighted by Gasteiger charge is -2.35. The minimum absolute atomic E-state index is 0.282. The van der Waals surface area contributed by atoms with Crippen LogP contribution in [0.2, 0.25) is 13.6 Å². The standard InChI is InChI=1S/C27H23B/c1-28(2)25-19-11-17-23-22-16-9-10-18-24(22)27(26(23)25,20-12-5-3-6-13-20)21-14-7-4-8-15-21/h3-19H,1-2H3. The molecule has 4 aromatic carbocycles. The molecule has 0 heterocycles.